The molecular weight excluding hydrogens is 297 g/mol. The van der Waals surface area contributed by atoms with E-state index in [0.717, 1.165) is 5.56 Å². The molecule has 2 rings (SSSR count). The van der Waals surface area contributed by atoms with Crippen molar-refractivity contribution in [2.75, 3.05) is 18.9 Å². The van der Waals surface area contributed by atoms with E-state index in [-0.39, 0.29) is 25.5 Å². The van der Waals surface area contributed by atoms with Gasteiger partial charge in [0.25, 0.3) is 0 Å². The Morgan fingerprint density at radius 1 is 1.33 bits per heavy atom. The summed E-state index contributed by atoms with van der Waals surface area (Å²) >= 11 is 0. The number of carbonyl (C=O) groups excluding carboxylic acids is 1. The zero-order chi connectivity index (χ0) is 15.5. The number of benzene rings is 1. The van der Waals surface area contributed by atoms with E-state index in [1.807, 2.05) is 30.3 Å². The van der Waals surface area contributed by atoms with Crippen molar-refractivity contribution in [2.45, 2.75) is 18.9 Å². The second kappa shape index (κ2) is 6.53. The zero-order valence-electron chi connectivity index (χ0n) is 11.5. The molecule has 1 aliphatic heterocycles. The second-order valence-corrected chi connectivity index (χ2v) is 6.76. The first-order valence-electron chi connectivity index (χ1n) is 6.75. The van der Waals surface area contributed by atoms with E-state index in [9.17, 15) is 22.2 Å². The second-order valence-electron chi connectivity index (χ2n) is 5.35. The molecule has 116 valence electrons. The monoisotopic (exact) mass is 315 g/mol. The van der Waals surface area contributed by atoms with Crippen LogP contribution in [0.5, 0.6) is 0 Å². The Hall–Kier alpha value is -1.47. The summed E-state index contributed by atoms with van der Waals surface area (Å²) in [7, 11) is -4.59. The molecule has 7 heteroatoms. The molecule has 0 aromatic heterocycles. The minimum atomic E-state index is -4.59. The summed E-state index contributed by atoms with van der Waals surface area (Å²) in [5, 5.41) is 9.50. The number of aliphatic hydroxyl groups is 1. The third-order valence-corrected chi connectivity index (χ3v) is 4.51. The summed E-state index contributed by atoms with van der Waals surface area (Å²) in [6.07, 6.45) is 0.493. The quantitative estimate of drug-likeness (QED) is 0.786. The molecule has 5 nitrogen and oxygen atoms in total. The van der Waals surface area contributed by atoms with Crippen LogP contribution in [0, 0.1) is 5.92 Å². The van der Waals surface area contributed by atoms with Crippen molar-refractivity contribution in [3.63, 3.8) is 0 Å². The fraction of sp³-hybridized carbons (Fsp3) is 0.500. The molecule has 0 spiro atoms. The van der Waals surface area contributed by atoms with Crippen molar-refractivity contribution in [2.24, 2.45) is 5.92 Å². The predicted molar refractivity (Wildman–Crippen MR) is 75.7 cm³/mol. The molecular formula is C14H18FNO4S. The number of halogens is 1. The highest BCUT2D eigenvalue weighted by Crippen LogP contribution is 2.23. The molecule has 0 radical (unpaired) electrons. The van der Waals surface area contributed by atoms with Crippen molar-refractivity contribution >= 4 is 16.1 Å². The van der Waals surface area contributed by atoms with E-state index < -0.39 is 27.9 Å². The standard InChI is InChI=1S/C14H18FNO4S/c15-21(19,20)10-12-7-14(18)16(8-12)13(9-17)6-11-4-2-1-3-5-11/h1-5,12-13,17H,6-10H2/t12?,13-/m0/s1. The number of likely N-dealkylation sites (tertiary alicyclic amines) is 1. The first-order valence-corrected chi connectivity index (χ1v) is 8.31. The average molecular weight is 315 g/mol. The van der Waals surface area contributed by atoms with Gasteiger partial charge in [0.2, 0.25) is 5.91 Å². The zero-order valence-corrected chi connectivity index (χ0v) is 12.3. The average Bonchev–Trinajstić information content (AvgIpc) is 2.75. The van der Waals surface area contributed by atoms with Crippen molar-refractivity contribution in [1.82, 2.24) is 4.90 Å². The number of hydrogen-bond donors (Lipinski definition) is 1. The third kappa shape index (κ3) is 4.50. The first-order chi connectivity index (χ1) is 9.89. The van der Waals surface area contributed by atoms with Crippen LogP contribution in [0.3, 0.4) is 0 Å². The number of nitrogens with zero attached hydrogens (tertiary/aromatic N) is 1. The van der Waals surface area contributed by atoms with Crippen molar-refractivity contribution < 1.29 is 22.2 Å². The summed E-state index contributed by atoms with van der Waals surface area (Å²) in [6.45, 7) is -0.0459. The molecule has 0 bridgehead atoms. The van der Waals surface area contributed by atoms with Gasteiger partial charge in [-0.3, -0.25) is 4.79 Å². The summed E-state index contributed by atoms with van der Waals surface area (Å²) in [4.78, 5) is 13.4. The topological polar surface area (TPSA) is 74.7 Å². The minimum absolute atomic E-state index is 0.00837. The van der Waals surface area contributed by atoms with E-state index in [0.29, 0.717) is 6.42 Å². The Bertz CT molecular complexity index is 590. The van der Waals surface area contributed by atoms with Gasteiger partial charge in [-0.1, -0.05) is 30.3 Å². The molecule has 21 heavy (non-hydrogen) atoms. The highest BCUT2D eigenvalue weighted by atomic mass is 32.3. The highest BCUT2D eigenvalue weighted by Gasteiger charge is 2.36. The largest absolute Gasteiger partial charge is 0.394 e. The molecule has 0 aliphatic carbocycles. The van der Waals surface area contributed by atoms with E-state index in [1.54, 1.807) is 0 Å². The fourth-order valence-corrected chi connectivity index (χ4v) is 3.50. The van der Waals surface area contributed by atoms with Crippen LogP contribution in [0.4, 0.5) is 3.89 Å². The van der Waals surface area contributed by atoms with Crippen molar-refractivity contribution in [1.29, 1.82) is 0 Å². The maximum Gasteiger partial charge on any atom is 0.302 e. The number of rotatable bonds is 6. The van der Waals surface area contributed by atoms with Crippen LogP contribution < -0.4 is 0 Å². The summed E-state index contributed by atoms with van der Waals surface area (Å²) < 4.78 is 34.1. The summed E-state index contributed by atoms with van der Waals surface area (Å²) in [5.74, 6) is -1.42. The SMILES string of the molecule is O=C1CC(CS(=O)(=O)F)CN1[C@H](CO)Cc1ccccc1. The molecule has 2 atom stereocenters. The first kappa shape index (κ1) is 15.9. The van der Waals surface area contributed by atoms with E-state index in [1.165, 1.54) is 4.90 Å². The normalized spacial score (nSPS) is 20.8. The van der Waals surface area contributed by atoms with Gasteiger partial charge in [-0.25, -0.2) is 0 Å². The van der Waals surface area contributed by atoms with Crippen LogP contribution in [-0.4, -0.2) is 49.3 Å². The lowest BCUT2D eigenvalue weighted by Crippen LogP contribution is -2.40. The molecule has 1 amide bonds. The van der Waals surface area contributed by atoms with Crippen molar-refractivity contribution in [3.05, 3.63) is 35.9 Å². The van der Waals surface area contributed by atoms with Gasteiger partial charge in [0.05, 0.1) is 18.4 Å². The van der Waals surface area contributed by atoms with Crippen LogP contribution in [-0.2, 0) is 21.4 Å². The number of carbonyl (C=O) groups is 1. The van der Waals surface area contributed by atoms with Gasteiger partial charge in [-0.15, -0.1) is 3.89 Å². The van der Waals surface area contributed by atoms with Gasteiger partial charge in [-0.2, -0.15) is 8.42 Å². The summed E-state index contributed by atoms with van der Waals surface area (Å²) in [5.41, 5.74) is 0.978. The summed E-state index contributed by atoms with van der Waals surface area (Å²) in [6, 6.07) is 8.99. The predicted octanol–water partition coefficient (Wildman–Crippen LogP) is 0.738. The molecule has 1 aromatic carbocycles. The fourth-order valence-electron chi connectivity index (χ4n) is 2.71. The van der Waals surface area contributed by atoms with Crippen molar-refractivity contribution in [3.8, 4) is 0 Å². The van der Waals surface area contributed by atoms with Gasteiger partial charge in [-0.05, 0) is 12.0 Å². The van der Waals surface area contributed by atoms with Crippen LogP contribution in [0.25, 0.3) is 0 Å². The van der Waals surface area contributed by atoms with E-state index >= 15 is 0 Å². The van der Waals surface area contributed by atoms with Gasteiger partial charge in [0.1, 0.15) is 0 Å². The lowest BCUT2D eigenvalue weighted by Gasteiger charge is -2.26. The Labute approximate surface area is 123 Å². The van der Waals surface area contributed by atoms with Crippen LogP contribution in [0.1, 0.15) is 12.0 Å². The number of aliphatic hydroxyl groups excluding tert-OH is 1. The minimum Gasteiger partial charge on any atom is -0.394 e. The van der Waals surface area contributed by atoms with Gasteiger partial charge in [0.15, 0.2) is 0 Å². The highest BCUT2D eigenvalue weighted by molar-refractivity contribution is 7.86. The Balaban J connectivity index is 2.03. The van der Waals surface area contributed by atoms with E-state index in [2.05, 4.69) is 0 Å². The molecule has 1 unspecified atom stereocenters. The molecule has 1 saturated heterocycles. The number of amides is 1. The molecule has 1 aromatic rings. The Morgan fingerprint density at radius 2 is 2.00 bits per heavy atom. The molecule has 1 heterocycles. The van der Waals surface area contributed by atoms with Crippen LogP contribution in [0.2, 0.25) is 0 Å². The Morgan fingerprint density at radius 3 is 2.57 bits per heavy atom. The lowest BCUT2D eigenvalue weighted by molar-refractivity contribution is -0.130. The third-order valence-electron chi connectivity index (χ3n) is 3.64. The Kier molecular flexibility index (Phi) is 4.95. The van der Waals surface area contributed by atoms with Gasteiger partial charge in [0, 0.05) is 18.9 Å². The van der Waals surface area contributed by atoms with Crippen LogP contribution >= 0.6 is 0 Å². The van der Waals surface area contributed by atoms with Gasteiger partial charge >= 0.3 is 10.2 Å². The smallest absolute Gasteiger partial charge is 0.302 e. The molecule has 1 N–H and O–H groups in total. The van der Waals surface area contributed by atoms with E-state index in [4.69, 9.17) is 0 Å². The molecule has 0 saturated carbocycles. The van der Waals surface area contributed by atoms with Gasteiger partial charge < -0.3 is 10.0 Å². The molecule has 1 aliphatic rings. The number of hydrogen-bond acceptors (Lipinski definition) is 4. The maximum atomic E-state index is 12.7. The molecule has 1 fully saturated rings. The maximum absolute atomic E-state index is 12.7. The lowest BCUT2D eigenvalue weighted by atomic mass is 10.1. The van der Waals surface area contributed by atoms with Crippen LogP contribution in [0.15, 0.2) is 30.3 Å².